The van der Waals surface area contributed by atoms with Gasteiger partial charge in [0.2, 0.25) is 9.04 Å². The molecule has 1 radical (unpaired) electrons. The van der Waals surface area contributed by atoms with Gasteiger partial charge in [-0.05, 0) is 31.4 Å². The highest BCUT2D eigenvalue weighted by molar-refractivity contribution is 8.13. The van der Waals surface area contributed by atoms with E-state index in [9.17, 15) is 4.79 Å². The molecule has 0 unspecified atom stereocenters. The van der Waals surface area contributed by atoms with Crippen molar-refractivity contribution < 1.29 is 9.22 Å². The molecule has 0 aromatic heterocycles. The predicted octanol–water partition coefficient (Wildman–Crippen LogP) is 6.22. The minimum atomic E-state index is -0.561. The fraction of sp³-hybridized carbons (Fsp3) is 0.944. The first-order valence-corrected chi connectivity index (χ1v) is 12.2. The van der Waals surface area contributed by atoms with Crippen LogP contribution in [-0.4, -0.2) is 26.5 Å². The fourth-order valence-corrected chi connectivity index (χ4v) is 5.55. The van der Waals surface area contributed by atoms with Gasteiger partial charge in [0.25, 0.3) is 0 Å². The lowest BCUT2D eigenvalue weighted by Crippen LogP contribution is -2.18. The second-order valence-electron chi connectivity index (χ2n) is 5.98. The van der Waals surface area contributed by atoms with E-state index in [0.717, 1.165) is 38.0 Å². The van der Waals surface area contributed by atoms with Crippen LogP contribution in [0.25, 0.3) is 0 Å². The molecular formula is C18H37O2SSi. The zero-order valence-corrected chi connectivity index (χ0v) is 16.9. The number of thioether (sulfide) groups is 1. The largest absolute Gasteiger partial charge is 0.417 e. The summed E-state index contributed by atoms with van der Waals surface area (Å²) in [5.74, 6) is 0.973. The molecule has 0 bridgehead atoms. The van der Waals surface area contributed by atoms with Gasteiger partial charge in [0.15, 0.2) is 5.12 Å². The van der Waals surface area contributed by atoms with E-state index >= 15 is 0 Å². The summed E-state index contributed by atoms with van der Waals surface area (Å²) in [5.41, 5.74) is 0. The van der Waals surface area contributed by atoms with Crippen LogP contribution in [-0.2, 0) is 9.22 Å². The van der Waals surface area contributed by atoms with E-state index in [0.29, 0.717) is 5.12 Å². The van der Waals surface area contributed by atoms with Crippen LogP contribution in [0.4, 0.5) is 0 Å². The molecule has 22 heavy (non-hydrogen) atoms. The first-order valence-electron chi connectivity index (χ1n) is 9.37. The van der Waals surface area contributed by atoms with Crippen molar-refractivity contribution in [3.8, 4) is 0 Å². The van der Waals surface area contributed by atoms with Gasteiger partial charge < -0.3 is 4.43 Å². The van der Waals surface area contributed by atoms with Crippen LogP contribution in [0.2, 0.25) is 12.1 Å². The van der Waals surface area contributed by atoms with Gasteiger partial charge in [0.1, 0.15) is 0 Å². The Labute approximate surface area is 144 Å². The summed E-state index contributed by atoms with van der Waals surface area (Å²) in [6, 6.07) is 2.62. The third-order valence-electron chi connectivity index (χ3n) is 3.71. The molecule has 0 fully saturated rings. The van der Waals surface area contributed by atoms with E-state index in [1.165, 1.54) is 62.4 Å². The molecule has 131 valence electrons. The first kappa shape index (κ1) is 22.2. The lowest BCUT2D eigenvalue weighted by Gasteiger charge is -2.14. The van der Waals surface area contributed by atoms with Gasteiger partial charge in [-0.15, -0.1) is 0 Å². The number of hydrogen-bond donors (Lipinski definition) is 0. The fourth-order valence-electron chi connectivity index (χ4n) is 2.22. The molecule has 0 N–H and O–H groups in total. The molecule has 0 amide bonds. The Morgan fingerprint density at radius 3 is 2.09 bits per heavy atom. The third kappa shape index (κ3) is 15.1. The summed E-state index contributed by atoms with van der Waals surface area (Å²) < 4.78 is 6.14. The normalized spacial score (nSPS) is 11.3. The Balaban J connectivity index is 3.52. The predicted molar refractivity (Wildman–Crippen MR) is 102 cm³/mol. The summed E-state index contributed by atoms with van der Waals surface area (Å²) in [5, 5.41) is 0.380. The Morgan fingerprint density at radius 1 is 0.864 bits per heavy atom. The number of unbranched alkanes of at least 4 members (excludes halogenated alkanes) is 5. The van der Waals surface area contributed by atoms with Gasteiger partial charge in [0.05, 0.1) is 0 Å². The highest BCUT2D eigenvalue weighted by atomic mass is 32.2. The molecule has 0 aliphatic rings. The molecule has 0 spiro atoms. The highest BCUT2D eigenvalue weighted by Gasteiger charge is 2.11. The van der Waals surface area contributed by atoms with E-state index in [2.05, 4.69) is 20.8 Å². The summed E-state index contributed by atoms with van der Waals surface area (Å²) in [6.07, 6.45) is 11.6. The molecule has 0 rings (SSSR count). The van der Waals surface area contributed by atoms with E-state index in [1.807, 2.05) is 0 Å². The Morgan fingerprint density at radius 2 is 1.50 bits per heavy atom. The van der Waals surface area contributed by atoms with Crippen LogP contribution in [0.5, 0.6) is 0 Å². The molecule has 0 aliphatic heterocycles. The summed E-state index contributed by atoms with van der Waals surface area (Å²) in [7, 11) is -0.561. The molecule has 2 nitrogen and oxygen atoms in total. The molecular weight excluding hydrogens is 308 g/mol. The van der Waals surface area contributed by atoms with Crippen LogP contribution in [0, 0.1) is 0 Å². The number of hydrogen-bond acceptors (Lipinski definition) is 3. The van der Waals surface area contributed by atoms with Gasteiger partial charge in [0, 0.05) is 18.8 Å². The monoisotopic (exact) mass is 345 g/mol. The average molecular weight is 346 g/mol. The van der Waals surface area contributed by atoms with Gasteiger partial charge >= 0.3 is 0 Å². The van der Waals surface area contributed by atoms with Crippen molar-refractivity contribution >= 4 is 25.9 Å². The van der Waals surface area contributed by atoms with Crippen LogP contribution < -0.4 is 0 Å². The quantitative estimate of drug-likeness (QED) is 0.245. The van der Waals surface area contributed by atoms with E-state index in [-0.39, 0.29) is 0 Å². The number of carbonyl (C=O) groups is 1. The third-order valence-corrected chi connectivity index (χ3v) is 7.16. The second kappa shape index (κ2) is 17.5. The number of carbonyl (C=O) groups excluding carboxylic acids is 1. The minimum absolute atomic E-state index is 0.380. The minimum Gasteiger partial charge on any atom is -0.417 e. The van der Waals surface area contributed by atoms with Crippen molar-refractivity contribution in [3.63, 3.8) is 0 Å². The van der Waals surface area contributed by atoms with Gasteiger partial charge in [-0.2, -0.15) is 0 Å². The molecule has 0 aromatic rings. The van der Waals surface area contributed by atoms with Crippen molar-refractivity contribution in [1.29, 1.82) is 0 Å². The molecule has 0 saturated heterocycles. The van der Waals surface area contributed by atoms with Gasteiger partial charge in [-0.1, -0.05) is 71.1 Å². The maximum absolute atomic E-state index is 11.6. The van der Waals surface area contributed by atoms with E-state index < -0.39 is 9.04 Å². The molecule has 0 heterocycles. The van der Waals surface area contributed by atoms with Crippen molar-refractivity contribution in [1.82, 2.24) is 0 Å². The van der Waals surface area contributed by atoms with Crippen LogP contribution in [0.1, 0.15) is 85.0 Å². The number of rotatable bonds is 16. The van der Waals surface area contributed by atoms with E-state index in [4.69, 9.17) is 4.43 Å². The standard InChI is InChI=1S/C18H37O2SSi/c1-4-7-10-13-18(19)21-15-12-11-14-20-22(16-8-5-2)17-9-6-3/h4-17H2,1-3H3. The summed E-state index contributed by atoms with van der Waals surface area (Å²) >= 11 is 1.53. The summed E-state index contributed by atoms with van der Waals surface area (Å²) in [6.45, 7) is 7.60. The van der Waals surface area contributed by atoms with Crippen LogP contribution in [0.15, 0.2) is 0 Å². The molecule has 4 heteroatoms. The molecule has 0 saturated carbocycles. The molecule has 0 aliphatic carbocycles. The van der Waals surface area contributed by atoms with Crippen molar-refractivity contribution in [2.24, 2.45) is 0 Å². The van der Waals surface area contributed by atoms with Crippen LogP contribution >= 0.6 is 11.8 Å². The second-order valence-corrected chi connectivity index (χ2v) is 9.50. The van der Waals surface area contributed by atoms with E-state index in [1.54, 1.807) is 0 Å². The Kier molecular flexibility index (Phi) is 17.7. The Bertz CT molecular complexity index is 241. The smallest absolute Gasteiger partial charge is 0.211 e. The maximum atomic E-state index is 11.6. The van der Waals surface area contributed by atoms with Crippen molar-refractivity contribution in [2.75, 3.05) is 12.4 Å². The lowest BCUT2D eigenvalue weighted by molar-refractivity contribution is -0.111. The SMILES string of the molecule is CCCCCC(=O)SCCCCO[Si](CCCC)CCCC. The molecule has 0 aromatic carbocycles. The van der Waals surface area contributed by atoms with Crippen LogP contribution in [0.3, 0.4) is 0 Å². The summed E-state index contributed by atoms with van der Waals surface area (Å²) in [4.78, 5) is 11.6. The topological polar surface area (TPSA) is 26.3 Å². The van der Waals surface area contributed by atoms with Crippen molar-refractivity contribution in [2.45, 2.75) is 97.1 Å². The lowest BCUT2D eigenvalue weighted by atomic mass is 10.2. The Hall–Kier alpha value is 0.197. The zero-order valence-electron chi connectivity index (χ0n) is 15.1. The zero-order chi connectivity index (χ0) is 16.5. The van der Waals surface area contributed by atoms with Gasteiger partial charge in [-0.25, -0.2) is 0 Å². The van der Waals surface area contributed by atoms with Crippen molar-refractivity contribution in [3.05, 3.63) is 0 Å². The average Bonchev–Trinajstić information content (AvgIpc) is 2.52. The first-order chi connectivity index (χ1) is 10.7. The molecule has 0 atom stereocenters. The van der Waals surface area contributed by atoms with Gasteiger partial charge in [-0.3, -0.25) is 4.79 Å². The highest BCUT2D eigenvalue weighted by Crippen LogP contribution is 2.14. The maximum Gasteiger partial charge on any atom is 0.211 e.